The third-order valence-corrected chi connectivity index (χ3v) is 6.99. The Morgan fingerprint density at radius 1 is 0.474 bits per heavy atom. The molecule has 0 aromatic heterocycles. The zero-order valence-electron chi connectivity index (χ0n) is 25.9. The first-order valence-electron chi connectivity index (χ1n) is 16.6. The maximum atomic E-state index is 11.8. The molecule has 0 bridgehead atoms. The minimum Gasteiger partial charge on any atom is -0.466 e. The van der Waals surface area contributed by atoms with Gasteiger partial charge in [-0.15, -0.1) is 0 Å². The van der Waals surface area contributed by atoms with Crippen LogP contribution >= 0.6 is 0 Å². The first kappa shape index (κ1) is 37.4. The summed E-state index contributed by atoms with van der Waals surface area (Å²) < 4.78 is 22.0. The van der Waals surface area contributed by atoms with E-state index in [-0.39, 0.29) is 5.97 Å². The third-order valence-electron chi connectivity index (χ3n) is 6.99. The fraction of sp³-hybridized carbons (Fsp3) is 0.970. The molecule has 0 heterocycles. The minimum absolute atomic E-state index is 0.100. The van der Waals surface area contributed by atoms with Gasteiger partial charge in [-0.3, -0.25) is 4.79 Å². The van der Waals surface area contributed by atoms with Crippen molar-refractivity contribution in [3.63, 3.8) is 0 Å². The lowest BCUT2D eigenvalue weighted by atomic mass is 10.0. The van der Waals surface area contributed by atoms with Gasteiger partial charge < -0.3 is 18.9 Å². The van der Waals surface area contributed by atoms with Crippen LogP contribution in [0.15, 0.2) is 0 Å². The number of esters is 1. The monoisotopic (exact) mass is 542 g/mol. The van der Waals surface area contributed by atoms with Crippen LogP contribution in [-0.2, 0) is 23.7 Å². The van der Waals surface area contributed by atoms with Crippen molar-refractivity contribution in [3.8, 4) is 0 Å². The van der Waals surface area contributed by atoms with Crippen molar-refractivity contribution in [3.05, 3.63) is 0 Å². The zero-order valence-corrected chi connectivity index (χ0v) is 25.9. The largest absolute Gasteiger partial charge is 0.466 e. The Bertz CT molecular complexity index is 455. The zero-order chi connectivity index (χ0) is 27.8. The van der Waals surface area contributed by atoms with Crippen LogP contribution in [0.25, 0.3) is 0 Å². The van der Waals surface area contributed by atoms with E-state index in [1.54, 1.807) is 0 Å². The molecule has 38 heavy (non-hydrogen) atoms. The lowest BCUT2D eigenvalue weighted by Gasteiger charge is -2.07. The molecular formula is C33H66O5. The topological polar surface area (TPSA) is 54.0 Å². The Hall–Kier alpha value is -0.650. The van der Waals surface area contributed by atoms with Crippen LogP contribution in [0.1, 0.15) is 156 Å². The molecule has 0 spiro atoms. The number of unbranched alkanes of at least 4 members (excludes halogenated alkanes) is 16. The molecule has 0 radical (unpaired) electrons. The molecular weight excluding hydrogens is 476 g/mol. The van der Waals surface area contributed by atoms with Gasteiger partial charge in [0.05, 0.1) is 33.0 Å². The lowest BCUT2D eigenvalue weighted by Crippen LogP contribution is -2.11. The Kier molecular flexibility index (Phi) is 32.0. The van der Waals surface area contributed by atoms with E-state index in [4.69, 9.17) is 18.9 Å². The summed E-state index contributed by atoms with van der Waals surface area (Å²) in [6.45, 7) is 11.2. The van der Waals surface area contributed by atoms with E-state index in [2.05, 4.69) is 20.8 Å². The number of carbonyl (C=O) groups is 1. The second-order valence-corrected chi connectivity index (χ2v) is 11.4. The van der Waals surface area contributed by atoms with Crippen LogP contribution < -0.4 is 0 Å². The Balaban J connectivity index is 3.15. The standard InChI is InChI=1S/C33H66O5/c1-4-5-6-17-20-25-35-28-30-37-31-29-36-26-22-24-33(34)38-27-21-18-15-13-11-9-7-8-10-12-14-16-19-23-32(2)3/h32H,4-31H2,1-3H3. The van der Waals surface area contributed by atoms with E-state index in [9.17, 15) is 4.79 Å². The fourth-order valence-electron chi connectivity index (χ4n) is 4.53. The SMILES string of the molecule is CCCCCCCOCCOCCOCCCC(=O)OCCCCCCCCCCCCCCCC(C)C. The summed E-state index contributed by atoms with van der Waals surface area (Å²) in [5.41, 5.74) is 0. The van der Waals surface area contributed by atoms with Gasteiger partial charge in [-0.2, -0.15) is 0 Å². The molecule has 0 aliphatic rings. The summed E-state index contributed by atoms with van der Waals surface area (Å²) in [5, 5.41) is 0. The van der Waals surface area contributed by atoms with Crippen LogP contribution in [-0.4, -0.2) is 52.2 Å². The molecule has 0 aromatic rings. The summed E-state index contributed by atoms with van der Waals surface area (Å²) in [4.78, 5) is 11.8. The summed E-state index contributed by atoms with van der Waals surface area (Å²) >= 11 is 0. The Morgan fingerprint density at radius 2 is 0.868 bits per heavy atom. The van der Waals surface area contributed by atoms with Gasteiger partial charge in [-0.25, -0.2) is 0 Å². The van der Waals surface area contributed by atoms with Crippen LogP contribution in [0.5, 0.6) is 0 Å². The highest BCUT2D eigenvalue weighted by molar-refractivity contribution is 5.69. The highest BCUT2D eigenvalue weighted by Gasteiger charge is 2.03. The quantitative estimate of drug-likeness (QED) is 0.0626. The number of rotatable bonds is 32. The third kappa shape index (κ3) is 33.4. The van der Waals surface area contributed by atoms with Crippen LogP contribution in [0.3, 0.4) is 0 Å². The molecule has 0 amide bonds. The van der Waals surface area contributed by atoms with E-state index in [0.29, 0.717) is 52.5 Å². The van der Waals surface area contributed by atoms with Gasteiger partial charge in [0, 0.05) is 19.6 Å². The van der Waals surface area contributed by atoms with Crippen molar-refractivity contribution in [2.24, 2.45) is 5.92 Å². The Morgan fingerprint density at radius 3 is 1.37 bits per heavy atom. The average Bonchev–Trinajstić information content (AvgIpc) is 2.90. The van der Waals surface area contributed by atoms with E-state index < -0.39 is 0 Å². The van der Waals surface area contributed by atoms with Gasteiger partial charge in [0.25, 0.3) is 0 Å². The van der Waals surface area contributed by atoms with Crippen molar-refractivity contribution in [2.75, 3.05) is 46.2 Å². The van der Waals surface area contributed by atoms with Crippen molar-refractivity contribution in [1.29, 1.82) is 0 Å². The first-order chi connectivity index (χ1) is 18.7. The van der Waals surface area contributed by atoms with E-state index in [1.165, 1.54) is 103 Å². The van der Waals surface area contributed by atoms with Gasteiger partial charge in [0.1, 0.15) is 0 Å². The highest BCUT2D eigenvalue weighted by atomic mass is 16.5. The first-order valence-corrected chi connectivity index (χ1v) is 16.6. The molecule has 228 valence electrons. The fourth-order valence-corrected chi connectivity index (χ4v) is 4.53. The second-order valence-electron chi connectivity index (χ2n) is 11.4. The smallest absolute Gasteiger partial charge is 0.305 e. The summed E-state index contributed by atoms with van der Waals surface area (Å²) in [6.07, 6.45) is 26.2. The second kappa shape index (κ2) is 32.6. The predicted octanol–water partition coefficient (Wildman–Crippen LogP) is 9.45. The molecule has 0 unspecified atom stereocenters. The van der Waals surface area contributed by atoms with E-state index >= 15 is 0 Å². The van der Waals surface area contributed by atoms with Gasteiger partial charge in [0.15, 0.2) is 0 Å². The Labute approximate surface area is 237 Å². The molecule has 0 fully saturated rings. The van der Waals surface area contributed by atoms with E-state index in [0.717, 1.165) is 31.8 Å². The van der Waals surface area contributed by atoms with Gasteiger partial charge in [-0.05, 0) is 25.2 Å². The van der Waals surface area contributed by atoms with Crippen LogP contribution in [0, 0.1) is 5.92 Å². The summed E-state index contributed by atoms with van der Waals surface area (Å²) in [7, 11) is 0. The number of hydrogen-bond acceptors (Lipinski definition) is 5. The summed E-state index contributed by atoms with van der Waals surface area (Å²) in [6, 6.07) is 0. The normalized spacial score (nSPS) is 11.5. The average molecular weight is 543 g/mol. The van der Waals surface area contributed by atoms with Crippen LogP contribution in [0.2, 0.25) is 0 Å². The van der Waals surface area contributed by atoms with Gasteiger partial charge in [0.2, 0.25) is 0 Å². The predicted molar refractivity (Wildman–Crippen MR) is 161 cm³/mol. The van der Waals surface area contributed by atoms with Gasteiger partial charge in [-0.1, -0.05) is 130 Å². The maximum Gasteiger partial charge on any atom is 0.305 e. The molecule has 5 nitrogen and oxygen atoms in total. The molecule has 0 rings (SSSR count). The van der Waals surface area contributed by atoms with Crippen molar-refractivity contribution in [1.82, 2.24) is 0 Å². The minimum atomic E-state index is -0.100. The lowest BCUT2D eigenvalue weighted by molar-refractivity contribution is -0.144. The molecule has 5 heteroatoms. The van der Waals surface area contributed by atoms with Gasteiger partial charge >= 0.3 is 5.97 Å². The maximum absolute atomic E-state index is 11.8. The van der Waals surface area contributed by atoms with E-state index in [1.807, 2.05) is 0 Å². The van der Waals surface area contributed by atoms with Crippen molar-refractivity contribution in [2.45, 2.75) is 156 Å². The number of ether oxygens (including phenoxy) is 4. The molecule has 0 aromatic carbocycles. The molecule has 0 N–H and O–H groups in total. The van der Waals surface area contributed by atoms with Crippen molar-refractivity contribution < 1.29 is 23.7 Å². The molecule has 0 atom stereocenters. The summed E-state index contributed by atoms with van der Waals surface area (Å²) in [5.74, 6) is 0.763. The molecule has 0 saturated carbocycles. The van der Waals surface area contributed by atoms with Crippen LogP contribution in [0.4, 0.5) is 0 Å². The highest BCUT2D eigenvalue weighted by Crippen LogP contribution is 2.14. The molecule has 0 aliphatic carbocycles. The molecule has 0 aliphatic heterocycles. The molecule has 0 saturated heterocycles. The number of hydrogen-bond donors (Lipinski definition) is 0. The van der Waals surface area contributed by atoms with Crippen molar-refractivity contribution >= 4 is 5.97 Å². The number of carbonyl (C=O) groups excluding carboxylic acids is 1.